The first-order valence-corrected chi connectivity index (χ1v) is 6.26. The summed E-state index contributed by atoms with van der Waals surface area (Å²) in [5.74, 6) is -0.0454. The van der Waals surface area contributed by atoms with Gasteiger partial charge in [-0.15, -0.1) is 0 Å². The number of hydrogen-bond acceptors (Lipinski definition) is 2. The monoisotopic (exact) mass is 248 g/mol. The van der Waals surface area contributed by atoms with Crippen molar-refractivity contribution in [3.05, 3.63) is 34.9 Å². The maximum Gasteiger partial charge on any atom is 0.251 e. The Balaban J connectivity index is 1.97. The SMILES string of the molecule is NC(=S)CCNC(=O)c1ccc2c(c1)CCC2. The summed E-state index contributed by atoms with van der Waals surface area (Å²) in [6.45, 7) is 0.505. The fourth-order valence-electron chi connectivity index (χ4n) is 2.11. The Bertz CT molecular complexity index is 457. The molecule has 3 N–H and O–H groups in total. The molecule has 0 aromatic heterocycles. The number of nitrogens with one attached hydrogen (secondary N) is 1. The molecule has 1 aliphatic carbocycles. The van der Waals surface area contributed by atoms with E-state index < -0.39 is 0 Å². The van der Waals surface area contributed by atoms with Crippen LogP contribution >= 0.6 is 12.2 Å². The lowest BCUT2D eigenvalue weighted by Gasteiger charge is -2.06. The summed E-state index contributed by atoms with van der Waals surface area (Å²) in [4.78, 5) is 12.3. The molecule has 3 nitrogen and oxygen atoms in total. The van der Waals surface area contributed by atoms with Crippen LogP contribution in [0.2, 0.25) is 0 Å². The quantitative estimate of drug-likeness (QED) is 0.795. The molecular formula is C13H16N2OS. The summed E-state index contributed by atoms with van der Waals surface area (Å²) >= 11 is 4.76. The average molecular weight is 248 g/mol. The number of thiocarbonyl (C=S) groups is 1. The zero-order valence-electron chi connectivity index (χ0n) is 9.66. The smallest absolute Gasteiger partial charge is 0.251 e. The minimum Gasteiger partial charge on any atom is -0.393 e. The second kappa shape index (κ2) is 5.27. The molecule has 1 amide bonds. The second-order valence-corrected chi connectivity index (χ2v) is 4.83. The summed E-state index contributed by atoms with van der Waals surface area (Å²) in [6.07, 6.45) is 3.97. The van der Waals surface area contributed by atoms with Crippen LogP contribution in [-0.4, -0.2) is 17.4 Å². The van der Waals surface area contributed by atoms with E-state index in [1.54, 1.807) is 0 Å². The van der Waals surface area contributed by atoms with Gasteiger partial charge in [-0.2, -0.15) is 0 Å². The predicted molar refractivity (Wildman–Crippen MR) is 72.2 cm³/mol. The van der Waals surface area contributed by atoms with Crippen molar-refractivity contribution < 1.29 is 4.79 Å². The molecule has 0 unspecified atom stereocenters. The van der Waals surface area contributed by atoms with Crippen LogP contribution in [0.5, 0.6) is 0 Å². The van der Waals surface area contributed by atoms with Crippen LogP contribution in [0, 0.1) is 0 Å². The van der Waals surface area contributed by atoms with Gasteiger partial charge in [0.1, 0.15) is 0 Å². The highest BCUT2D eigenvalue weighted by Gasteiger charge is 2.13. The molecular weight excluding hydrogens is 232 g/mol. The fourth-order valence-corrected chi connectivity index (χ4v) is 2.22. The van der Waals surface area contributed by atoms with Crippen molar-refractivity contribution in [1.29, 1.82) is 0 Å². The zero-order chi connectivity index (χ0) is 12.3. The van der Waals surface area contributed by atoms with E-state index in [-0.39, 0.29) is 5.91 Å². The molecule has 0 atom stereocenters. The van der Waals surface area contributed by atoms with Crippen molar-refractivity contribution in [2.45, 2.75) is 25.7 Å². The highest BCUT2D eigenvalue weighted by atomic mass is 32.1. The highest BCUT2D eigenvalue weighted by Crippen LogP contribution is 2.22. The Kier molecular flexibility index (Phi) is 3.74. The van der Waals surface area contributed by atoms with Crippen LogP contribution in [-0.2, 0) is 12.8 Å². The van der Waals surface area contributed by atoms with Gasteiger partial charge in [-0.25, -0.2) is 0 Å². The number of carbonyl (C=O) groups is 1. The molecule has 0 bridgehead atoms. The standard InChI is InChI=1S/C13H16N2OS/c14-12(17)6-7-15-13(16)11-5-4-9-2-1-3-10(9)8-11/h4-5,8H,1-3,6-7H2,(H2,14,17)(H,15,16). The third-order valence-corrected chi connectivity index (χ3v) is 3.22. The van der Waals surface area contributed by atoms with Gasteiger partial charge < -0.3 is 11.1 Å². The summed E-state index contributed by atoms with van der Waals surface area (Å²) in [7, 11) is 0. The highest BCUT2D eigenvalue weighted by molar-refractivity contribution is 7.80. The second-order valence-electron chi connectivity index (χ2n) is 4.31. The average Bonchev–Trinajstić information content (AvgIpc) is 2.75. The molecule has 1 aliphatic rings. The number of fused-ring (bicyclic) bond motifs is 1. The first-order valence-electron chi connectivity index (χ1n) is 5.85. The molecule has 0 saturated carbocycles. The van der Waals surface area contributed by atoms with Gasteiger partial charge in [-0.3, -0.25) is 4.79 Å². The Morgan fingerprint density at radius 2 is 2.12 bits per heavy atom. The first kappa shape index (κ1) is 12.0. The fraction of sp³-hybridized carbons (Fsp3) is 0.385. The summed E-state index contributed by atoms with van der Waals surface area (Å²) < 4.78 is 0. The number of amides is 1. The van der Waals surface area contributed by atoms with E-state index in [9.17, 15) is 4.79 Å². The molecule has 1 aromatic rings. The normalized spacial score (nSPS) is 13.2. The molecule has 1 aromatic carbocycles. The summed E-state index contributed by atoms with van der Waals surface area (Å²) in [5, 5.41) is 2.82. The lowest BCUT2D eigenvalue weighted by Crippen LogP contribution is -2.27. The molecule has 2 rings (SSSR count). The van der Waals surface area contributed by atoms with Crippen LogP contribution in [0.15, 0.2) is 18.2 Å². The minimum absolute atomic E-state index is 0.0454. The third-order valence-electron chi connectivity index (χ3n) is 3.02. The number of carbonyl (C=O) groups excluding carboxylic acids is 1. The van der Waals surface area contributed by atoms with E-state index >= 15 is 0 Å². The Hall–Kier alpha value is -1.42. The van der Waals surface area contributed by atoms with Gasteiger partial charge in [0, 0.05) is 18.5 Å². The molecule has 4 heteroatoms. The molecule has 0 aliphatic heterocycles. The summed E-state index contributed by atoms with van der Waals surface area (Å²) in [5.41, 5.74) is 8.79. The van der Waals surface area contributed by atoms with Gasteiger partial charge >= 0.3 is 0 Å². The van der Waals surface area contributed by atoms with E-state index in [1.807, 2.05) is 12.1 Å². The maximum absolute atomic E-state index is 11.8. The van der Waals surface area contributed by atoms with Gasteiger partial charge in [0.15, 0.2) is 0 Å². The van der Waals surface area contributed by atoms with Crippen LogP contribution < -0.4 is 11.1 Å². The van der Waals surface area contributed by atoms with Crippen molar-refractivity contribution >= 4 is 23.1 Å². The van der Waals surface area contributed by atoms with Crippen LogP contribution in [0.25, 0.3) is 0 Å². The van der Waals surface area contributed by atoms with Crippen molar-refractivity contribution in [3.63, 3.8) is 0 Å². The van der Waals surface area contributed by atoms with Crippen molar-refractivity contribution in [2.24, 2.45) is 5.73 Å². The van der Waals surface area contributed by atoms with Gasteiger partial charge in [0.25, 0.3) is 5.91 Å². The Labute approximate surface area is 106 Å². The van der Waals surface area contributed by atoms with E-state index in [1.165, 1.54) is 17.5 Å². The topological polar surface area (TPSA) is 55.1 Å². The van der Waals surface area contributed by atoms with Gasteiger partial charge in [0.05, 0.1) is 4.99 Å². The molecule has 17 heavy (non-hydrogen) atoms. The maximum atomic E-state index is 11.8. The first-order chi connectivity index (χ1) is 8.16. The van der Waals surface area contributed by atoms with Gasteiger partial charge in [-0.1, -0.05) is 18.3 Å². The lowest BCUT2D eigenvalue weighted by molar-refractivity contribution is 0.0954. The number of hydrogen-bond donors (Lipinski definition) is 2. The zero-order valence-corrected chi connectivity index (χ0v) is 10.5. The molecule has 0 saturated heterocycles. The minimum atomic E-state index is -0.0454. The van der Waals surface area contributed by atoms with Gasteiger partial charge in [0.2, 0.25) is 0 Å². The third kappa shape index (κ3) is 3.03. The lowest BCUT2D eigenvalue weighted by atomic mass is 10.1. The molecule has 0 heterocycles. The predicted octanol–water partition coefficient (Wildman–Crippen LogP) is 1.58. The molecule has 0 radical (unpaired) electrons. The van der Waals surface area contributed by atoms with E-state index in [2.05, 4.69) is 11.4 Å². The summed E-state index contributed by atoms with van der Waals surface area (Å²) in [6, 6.07) is 5.95. The number of aryl methyl sites for hydroxylation is 2. The molecule has 90 valence electrons. The van der Waals surface area contributed by atoms with E-state index in [4.69, 9.17) is 18.0 Å². The van der Waals surface area contributed by atoms with Crippen LogP contribution in [0.3, 0.4) is 0 Å². The molecule has 0 fully saturated rings. The Morgan fingerprint density at radius 3 is 2.88 bits per heavy atom. The van der Waals surface area contributed by atoms with Crippen LogP contribution in [0.1, 0.15) is 34.3 Å². The van der Waals surface area contributed by atoms with Gasteiger partial charge in [-0.05, 0) is 42.5 Å². The van der Waals surface area contributed by atoms with Crippen molar-refractivity contribution in [3.8, 4) is 0 Å². The number of nitrogens with two attached hydrogens (primary N) is 1. The van der Waals surface area contributed by atoms with E-state index in [0.29, 0.717) is 18.0 Å². The van der Waals surface area contributed by atoms with Crippen LogP contribution in [0.4, 0.5) is 0 Å². The molecule has 0 spiro atoms. The number of rotatable bonds is 4. The number of benzene rings is 1. The van der Waals surface area contributed by atoms with E-state index in [0.717, 1.165) is 18.4 Å². The Morgan fingerprint density at radius 1 is 1.35 bits per heavy atom. The van der Waals surface area contributed by atoms with Crippen molar-refractivity contribution in [1.82, 2.24) is 5.32 Å². The van der Waals surface area contributed by atoms with Crippen molar-refractivity contribution in [2.75, 3.05) is 6.54 Å². The largest absolute Gasteiger partial charge is 0.393 e.